The minimum Gasteiger partial charge on any atom is -0.337 e. The number of carbonyl (C=O) groups is 2. The fourth-order valence-electron chi connectivity index (χ4n) is 3.03. The molecular formula is C20H20N2O2S. The van der Waals surface area contributed by atoms with Gasteiger partial charge in [0.25, 0.3) is 0 Å². The van der Waals surface area contributed by atoms with Gasteiger partial charge in [-0.3, -0.25) is 9.59 Å². The van der Waals surface area contributed by atoms with Crippen LogP contribution >= 0.6 is 11.8 Å². The van der Waals surface area contributed by atoms with Crippen LogP contribution in [0.5, 0.6) is 0 Å². The number of nitrogens with zero attached hydrogens (tertiary/aromatic N) is 1. The van der Waals surface area contributed by atoms with Crippen LogP contribution < -0.4 is 5.32 Å². The maximum absolute atomic E-state index is 12.5. The van der Waals surface area contributed by atoms with E-state index in [0.717, 1.165) is 39.8 Å². The van der Waals surface area contributed by atoms with E-state index in [-0.39, 0.29) is 12.5 Å². The zero-order valence-corrected chi connectivity index (χ0v) is 15.1. The molecule has 2 aromatic carbocycles. The van der Waals surface area contributed by atoms with Crippen molar-refractivity contribution in [3.8, 4) is 0 Å². The Morgan fingerprint density at radius 1 is 1.24 bits per heavy atom. The van der Waals surface area contributed by atoms with Gasteiger partial charge >= 0.3 is 0 Å². The molecule has 128 valence electrons. The summed E-state index contributed by atoms with van der Waals surface area (Å²) in [6, 6.07) is 13.7. The van der Waals surface area contributed by atoms with Gasteiger partial charge in [0.15, 0.2) is 6.29 Å². The number of hydrogen-bond donors (Lipinski definition) is 1. The van der Waals surface area contributed by atoms with Crippen LogP contribution in [0, 0.1) is 0 Å². The van der Waals surface area contributed by atoms with Crippen molar-refractivity contribution in [1.82, 2.24) is 4.57 Å². The summed E-state index contributed by atoms with van der Waals surface area (Å²) in [7, 11) is 0. The topological polar surface area (TPSA) is 51.1 Å². The quantitative estimate of drug-likeness (QED) is 0.529. The van der Waals surface area contributed by atoms with E-state index >= 15 is 0 Å². The number of para-hydroxylation sites is 1. The second-order valence-electron chi connectivity index (χ2n) is 5.78. The fourth-order valence-corrected chi connectivity index (χ4v) is 3.48. The van der Waals surface area contributed by atoms with Gasteiger partial charge in [-0.1, -0.05) is 31.2 Å². The van der Waals surface area contributed by atoms with Gasteiger partial charge in [-0.15, -0.1) is 11.8 Å². The van der Waals surface area contributed by atoms with Crippen molar-refractivity contribution in [2.24, 2.45) is 0 Å². The SMILES string of the molecule is CCc1cccc2c(C=O)cn(CC(=O)Nc3cccc(SC)c3)c12. The summed E-state index contributed by atoms with van der Waals surface area (Å²) < 4.78 is 1.87. The molecule has 0 aliphatic rings. The summed E-state index contributed by atoms with van der Waals surface area (Å²) in [5, 5.41) is 3.83. The second kappa shape index (κ2) is 7.57. The lowest BCUT2D eigenvalue weighted by Crippen LogP contribution is -2.18. The van der Waals surface area contributed by atoms with Crippen LogP contribution in [-0.4, -0.2) is 23.0 Å². The molecule has 0 spiro atoms. The Balaban J connectivity index is 1.89. The predicted molar refractivity (Wildman–Crippen MR) is 104 cm³/mol. The molecule has 1 amide bonds. The number of hydrogen-bond acceptors (Lipinski definition) is 3. The van der Waals surface area contributed by atoms with Crippen LogP contribution in [-0.2, 0) is 17.8 Å². The first-order valence-electron chi connectivity index (χ1n) is 8.16. The number of fused-ring (bicyclic) bond motifs is 1. The number of carbonyl (C=O) groups excluding carboxylic acids is 2. The van der Waals surface area contributed by atoms with Crippen molar-refractivity contribution in [2.45, 2.75) is 24.8 Å². The van der Waals surface area contributed by atoms with Gasteiger partial charge < -0.3 is 9.88 Å². The first kappa shape index (κ1) is 17.3. The fraction of sp³-hybridized carbons (Fsp3) is 0.200. The Morgan fingerprint density at radius 3 is 2.76 bits per heavy atom. The number of amides is 1. The molecule has 25 heavy (non-hydrogen) atoms. The summed E-state index contributed by atoms with van der Waals surface area (Å²) in [6.07, 6.45) is 5.45. The molecule has 3 aromatic rings. The van der Waals surface area contributed by atoms with Gasteiger partial charge in [0.05, 0.1) is 5.52 Å². The predicted octanol–water partition coefficient (Wildman–Crippen LogP) is 4.38. The summed E-state index contributed by atoms with van der Waals surface area (Å²) in [5.41, 5.74) is 3.48. The number of aldehydes is 1. The van der Waals surface area contributed by atoms with Gasteiger partial charge in [-0.05, 0) is 36.4 Å². The summed E-state index contributed by atoms with van der Waals surface area (Å²) in [4.78, 5) is 25.0. The van der Waals surface area contributed by atoms with E-state index in [1.54, 1.807) is 18.0 Å². The Morgan fingerprint density at radius 2 is 2.04 bits per heavy atom. The molecule has 0 atom stereocenters. The number of rotatable bonds is 6. The van der Waals surface area contributed by atoms with Crippen LogP contribution in [0.4, 0.5) is 5.69 Å². The third-order valence-corrected chi connectivity index (χ3v) is 4.91. The molecule has 0 unspecified atom stereocenters. The molecule has 4 nitrogen and oxygen atoms in total. The number of anilines is 1. The molecule has 0 bridgehead atoms. The average molecular weight is 352 g/mol. The number of aromatic nitrogens is 1. The normalized spacial score (nSPS) is 10.8. The van der Waals surface area contributed by atoms with Crippen molar-refractivity contribution in [2.75, 3.05) is 11.6 Å². The Kier molecular flexibility index (Phi) is 5.24. The molecule has 0 fully saturated rings. The summed E-state index contributed by atoms with van der Waals surface area (Å²) in [5.74, 6) is -0.112. The number of nitrogens with one attached hydrogen (secondary N) is 1. The highest BCUT2D eigenvalue weighted by Gasteiger charge is 2.13. The van der Waals surface area contributed by atoms with Crippen molar-refractivity contribution in [1.29, 1.82) is 0 Å². The lowest BCUT2D eigenvalue weighted by atomic mass is 10.1. The van der Waals surface area contributed by atoms with Crippen LogP contribution in [0.25, 0.3) is 10.9 Å². The Bertz CT molecular complexity index is 931. The van der Waals surface area contributed by atoms with E-state index in [4.69, 9.17) is 0 Å². The standard InChI is InChI=1S/C20H20N2O2S/c1-3-14-6-4-9-18-15(13-23)11-22(20(14)18)12-19(24)21-16-7-5-8-17(10-16)25-2/h4-11,13H,3,12H2,1-2H3,(H,21,24). The Hall–Kier alpha value is -2.53. The molecule has 1 aromatic heterocycles. The van der Waals surface area contributed by atoms with E-state index < -0.39 is 0 Å². The number of benzene rings is 2. The van der Waals surface area contributed by atoms with E-state index in [1.165, 1.54) is 0 Å². The third kappa shape index (κ3) is 3.61. The second-order valence-corrected chi connectivity index (χ2v) is 6.66. The monoisotopic (exact) mass is 352 g/mol. The highest BCUT2D eigenvalue weighted by atomic mass is 32.2. The van der Waals surface area contributed by atoms with Gasteiger partial charge in [0.1, 0.15) is 6.54 Å². The summed E-state index contributed by atoms with van der Waals surface area (Å²) >= 11 is 1.63. The molecule has 0 saturated carbocycles. The number of thioether (sulfide) groups is 1. The van der Waals surface area contributed by atoms with Gasteiger partial charge in [-0.25, -0.2) is 0 Å². The molecule has 3 rings (SSSR count). The van der Waals surface area contributed by atoms with Gasteiger partial charge in [0.2, 0.25) is 5.91 Å². The van der Waals surface area contributed by atoms with Crippen LogP contribution in [0.15, 0.2) is 53.6 Å². The van der Waals surface area contributed by atoms with E-state index in [0.29, 0.717) is 5.56 Å². The van der Waals surface area contributed by atoms with E-state index in [9.17, 15) is 9.59 Å². The first-order valence-corrected chi connectivity index (χ1v) is 9.38. The zero-order chi connectivity index (χ0) is 17.8. The van der Waals surface area contributed by atoms with Crippen molar-refractivity contribution in [3.05, 3.63) is 59.8 Å². The number of aryl methyl sites for hydroxylation is 1. The molecular weight excluding hydrogens is 332 g/mol. The molecule has 5 heteroatoms. The van der Waals surface area contributed by atoms with Gasteiger partial charge in [0, 0.05) is 27.7 Å². The van der Waals surface area contributed by atoms with E-state index in [1.807, 2.05) is 53.3 Å². The molecule has 1 N–H and O–H groups in total. The van der Waals surface area contributed by atoms with Crippen LogP contribution in [0.3, 0.4) is 0 Å². The largest absolute Gasteiger partial charge is 0.337 e. The van der Waals surface area contributed by atoms with Crippen molar-refractivity contribution < 1.29 is 9.59 Å². The van der Waals surface area contributed by atoms with Crippen LogP contribution in [0.2, 0.25) is 0 Å². The lowest BCUT2D eigenvalue weighted by Gasteiger charge is -2.10. The zero-order valence-electron chi connectivity index (χ0n) is 14.3. The van der Waals surface area contributed by atoms with Crippen LogP contribution in [0.1, 0.15) is 22.8 Å². The molecule has 0 aliphatic heterocycles. The minimum absolute atomic E-state index is 0.112. The maximum Gasteiger partial charge on any atom is 0.244 e. The molecule has 0 radical (unpaired) electrons. The maximum atomic E-state index is 12.5. The summed E-state index contributed by atoms with van der Waals surface area (Å²) in [6.45, 7) is 2.24. The van der Waals surface area contributed by atoms with E-state index in [2.05, 4.69) is 12.2 Å². The highest BCUT2D eigenvalue weighted by Crippen LogP contribution is 2.25. The van der Waals surface area contributed by atoms with Crippen molar-refractivity contribution >= 4 is 40.5 Å². The highest BCUT2D eigenvalue weighted by molar-refractivity contribution is 7.98. The molecule has 1 heterocycles. The molecule has 0 aliphatic carbocycles. The lowest BCUT2D eigenvalue weighted by molar-refractivity contribution is -0.116. The van der Waals surface area contributed by atoms with Gasteiger partial charge in [-0.2, -0.15) is 0 Å². The minimum atomic E-state index is -0.112. The third-order valence-electron chi connectivity index (χ3n) is 4.19. The smallest absolute Gasteiger partial charge is 0.244 e. The first-order chi connectivity index (χ1) is 12.2. The average Bonchev–Trinajstić information content (AvgIpc) is 2.99. The molecule has 0 saturated heterocycles. The van der Waals surface area contributed by atoms with Crippen molar-refractivity contribution in [3.63, 3.8) is 0 Å². The Labute approximate surface area is 151 Å².